The Hall–Kier alpha value is -1.12. The summed E-state index contributed by atoms with van der Waals surface area (Å²) < 4.78 is 0. The molecule has 2 heteroatoms. The van der Waals surface area contributed by atoms with Crippen molar-refractivity contribution in [2.45, 2.75) is 39.7 Å². The Balaban J connectivity index is 2.26. The minimum absolute atomic E-state index is 0.472. The molecule has 0 radical (unpaired) electrons. The van der Waals surface area contributed by atoms with Crippen LogP contribution in [0.4, 0.5) is 0 Å². The van der Waals surface area contributed by atoms with Crippen molar-refractivity contribution < 1.29 is 0 Å². The molecule has 1 aromatic carbocycles. The fourth-order valence-corrected chi connectivity index (χ4v) is 3.31. The van der Waals surface area contributed by atoms with Gasteiger partial charge in [-0.2, -0.15) is 0 Å². The quantitative estimate of drug-likeness (QED) is 0.765. The summed E-state index contributed by atoms with van der Waals surface area (Å²) in [6.45, 7) is 7.73. The maximum absolute atomic E-state index is 3.63. The predicted octanol–water partition coefficient (Wildman–Crippen LogP) is 5.17. The van der Waals surface area contributed by atoms with Crippen molar-refractivity contribution in [3.63, 3.8) is 0 Å². The molecule has 0 aliphatic heterocycles. The lowest BCUT2D eigenvalue weighted by Crippen LogP contribution is -2.21. The number of hydrogen-bond acceptors (Lipinski definition) is 2. The normalized spacial score (nSPS) is 12.6. The highest BCUT2D eigenvalue weighted by Crippen LogP contribution is 2.31. The van der Waals surface area contributed by atoms with Gasteiger partial charge in [-0.15, -0.1) is 11.3 Å². The minimum Gasteiger partial charge on any atom is -0.310 e. The second kappa shape index (κ2) is 6.88. The zero-order valence-corrected chi connectivity index (χ0v) is 12.9. The average molecular weight is 273 g/mol. The topological polar surface area (TPSA) is 12.0 Å². The van der Waals surface area contributed by atoms with Crippen molar-refractivity contribution >= 4 is 11.3 Å². The molecule has 0 aliphatic rings. The molecule has 2 rings (SSSR count). The zero-order valence-electron chi connectivity index (χ0n) is 12.1. The molecule has 1 aromatic heterocycles. The van der Waals surface area contributed by atoms with Crippen LogP contribution in [0.1, 0.15) is 43.9 Å². The molecule has 0 saturated heterocycles. The predicted molar refractivity (Wildman–Crippen MR) is 85.8 cm³/mol. The summed E-state index contributed by atoms with van der Waals surface area (Å²) in [6.07, 6.45) is 2.31. The lowest BCUT2D eigenvalue weighted by Gasteiger charge is -2.18. The fraction of sp³-hybridized carbons (Fsp3) is 0.412. The third kappa shape index (κ3) is 3.46. The molecule has 0 amide bonds. The second-order valence-corrected chi connectivity index (χ2v) is 5.89. The Morgan fingerprint density at radius 1 is 1.21 bits per heavy atom. The summed E-state index contributed by atoms with van der Waals surface area (Å²) in [7, 11) is 0. The molecule has 2 aromatic rings. The van der Waals surface area contributed by atoms with E-state index in [-0.39, 0.29) is 0 Å². The van der Waals surface area contributed by atoms with Crippen molar-refractivity contribution in [2.75, 3.05) is 6.54 Å². The van der Waals surface area contributed by atoms with Crippen LogP contribution < -0.4 is 5.32 Å². The third-order valence-corrected chi connectivity index (χ3v) is 4.53. The highest BCUT2D eigenvalue weighted by atomic mass is 32.1. The van der Waals surface area contributed by atoms with E-state index in [9.17, 15) is 0 Å². The second-order valence-electron chi connectivity index (χ2n) is 4.97. The van der Waals surface area contributed by atoms with Gasteiger partial charge in [-0.1, -0.05) is 32.0 Å². The Morgan fingerprint density at radius 3 is 2.68 bits per heavy atom. The summed E-state index contributed by atoms with van der Waals surface area (Å²) >= 11 is 1.83. The van der Waals surface area contributed by atoms with E-state index in [0.29, 0.717) is 6.04 Å². The van der Waals surface area contributed by atoms with E-state index >= 15 is 0 Å². The molecule has 0 saturated carbocycles. The van der Waals surface area contributed by atoms with Crippen LogP contribution >= 0.6 is 11.3 Å². The van der Waals surface area contributed by atoms with Crippen LogP contribution in [-0.4, -0.2) is 6.54 Å². The van der Waals surface area contributed by atoms with Crippen LogP contribution in [0.25, 0.3) is 10.4 Å². The van der Waals surface area contributed by atoms with Crippen molar-refractivity contribution in [2.24, 2.45) is 0 Å². The van der Waals surface area contributed by atoms with Crippen LogP contribution in [0, 0.1) is 6.92 Å². The van der Waals surface area contributed by atoms with Crippen LogP contribution in [0.3, 0.4) is 0 Å². The Bertz CT molecular complexity index is 515. The summed E-state index contributed by atoms with van der Waals surface area (Å²) in [5.41, 5.74) is 4.12. The molecule has 1 unspecified atom stereocenters. The van der Waals surface area contributed by atoms with Gasteiger partial charge in [0.1, 0.15) is 0 Å². The summed E-state index contributed by atoms with van der Waals surface area (Å²) in [6, 6.07) is 11.6. The average Bonchev–Trinajstić information content (AvgIpc) is 2.86. The first-order valence-corrected chi connectivity index (χ1v) is 8.02. The van der Waals surface area contributed by atoms with E-state index in [1.807, 2.05) is 11.3 Å². The van der Waals surface area contributed by atoms with Gasteiger partial charge in [0.15, 0.2) is 0 Å². The molecular weight excluding hydrogens is 250 g/mol. The highest BCUT2D eigenvalue weighted by molar-refractivity contribution is 7.13. The van der Waals surface area contributed by atoms with Crippen LogP contribution in [0.2, 0.25) is 0 Å². The molecule has 0 spiro atoms. The lowest BCUT2D eigenvalue weighted by molar-refractivity contribution is 0.518. The van der Waals surface area contributed by atoms with Crippen LogP contribution in [-0.2, 0) is 0 Å². The monoisotopic (exact) mass is 273 g/mol. The van der Waals surface area contributed by atoms with Gasteiger partial charge in [-0.05, 0) is 60.5 Å². The Kier molecular flexibility index (Phi) is 5.17. The lowest BCUT2D eigenvalue weighted by atomic mass is 10.0. The van der Waals surface area contributed by atoms with Gasteiger partial charge >= 0.3 is 0 Å². The van der Waals surface area contributed by atoms with Gasteiger partial charge < -0.3 is 5.32 Å². The first kappa shape index (κ1) is 14.3. The smallest absolute Gasteiger partial charge is 0.0371 e. The largest absolute Gasteiger partial charge is 0.310 e. The number of aryl methyl sites for hydroxylation is 1. The SMILES string of the molecule is CCCNC(CC)c1cccc(-c2sccc2C)c1. The van der Waals surface area contributed by atoms with Crippen LogP contribution in [0.15, 0.2) is 35.7 Å². The van der Waals surface area contributed by atoms with E-state index in [4.69, 9.17) is 0 Å². The fourth-order valence-electron chi connectivity index (χ4n) is 2.38. The molecular formula is C17H23NS. The van der Waals surface area contributed by atoms with Gasteiger partial charge in [0.05, 0.1) is 0 Å². The number of thiophene rings is 1. The van der Waals surface area contributed by atoms with Crippen molar-refractivity contribution in [3.8, 4) is 10.4 Å². The van der Waals surface area contributed by atoms with E-state index in [0.717, 1.165) is 13.0 Å². The summed E-state index contributed by atoms with van der Waals surface area (Å²) in [5.74, 6) is 0. The maximum Gasteiger partial charge on any atom is 0.0371 e. The Labute approximate surface area is 120 Å². The number of hydrogen-bond donors (Lipinski definition) is 1. The van der Waals surface area contributed by atoms with E-state index in [2.05, 4.69) is 61.8 Å². The highest BCUT2D eigenvalue weighted by Gasteiger charge is 2.10. The van der Waals surface area contributed by atoms with Gasteiger partial charge in [0, 0.05) is 10.9 Å². The van der Waals surface area contributed by atoms with E-state index < -0.39 is 0 Å². The van der Waals surface area contributed by atoms with Gasteiger partial charge in [0.25, 0.3) is 0 Å². The molecule has 1 atom stereocenters. The van der Waals surface area contributed by atoms with Gasteiger partial charge in [-0.25, -0.2) is 0 Å². The zero-order chi connectivity index (χ0) is 13.7. The number of benzene rings is 1. The summed E-state index contributed by atoms with van der Waals surface area (Å²) in [4.78, 5) is 1.40. The standard InChI is InChI=1S/C17H23NS/c1-4-10-18-16(5-2)14-7-6-8-15(12-14)17-13(3)9-11-19-17/h6-9,11-12,16,18H,4-5,10H2,1-3H3. The van der Waals surface area contributed by atoms with Crippen LogP contribution in [0.5, 0.6) is 0 Å². The maximum atomic E-state index is 3.63. The molecule has 1 nitrogen and oxygen atoms in total. The number of nitrogens with one attached hydrogen (secondary N) is 1. The molecule has 0 bridgehead atoms. The molecule has 1 heterocycles. The molecule has 0 aliphatic carbocycles. The number of rotatable bonds is 6. The summed E-state index contributed by atoms with van der Waals surface area (Å²) in [5, 5.41) is 5.80. The van der Waals surface area contributed by atoms with Gasteiger partial charge in [0.2, 0.25) is 0 Å². The third-order valence-electron chi connectivity index (χ3n) is 3.46. The van der Waals surface area contributed by atoms with E-state index in [1.54, 1.807) is 0 Å². The minimum atomic E-state index is 0.472. The van der Waals surface area contributed by atoms with Crippen molar-refractivity contribution in [1.82, 2.24) is 5.32 Å². The molecule has 102 valence electrons. The molecule has 1 N–H and O–H groups in total. The Morgan fingerprint density at radius 2 is 2.05 bits per heavy atom. The van der Waals surface area contributed by atoms with Crippen molar-refractivity contribution in [1.29, 1.82) is 0 Å². The molecule has 19 heavy (non-hydrogen) atoms. The first-order chi connectivity index (χ1) is 9.26. The molecule has 0 fully saturated rings. The van der Waals surface area contributed by atoms with E-state index in [1.165, 1.54) is 28.0 Å². The van der Waals surface area contributed by atoms with Gasteiger partial charge in [-0.3, -0.25) is 0 Å². The van der Waals surface area contributed by atoms with Crippen molar-refractivity contribution in [3.05, 3.63) is 46.8 Å². The first-order valence-electron chi connectivity index (χ1n) is 7.14.